The Kier molecular flexibility index (Phi) is 6.71. The Bertz CT molecular complexity index is 808. The molecule has 2 heterocycles. The second-order valence-electron chi connectivity index (χ2n) is 7.84. The number of halogens is 3. The molecule has 3 rings (SSSR count). The summed E-state index contributed by atoms with van der Waals surface area (Å²) in [5, 5.41) is 0. The van der Waals surface area contributed by atoms with Crippen molar-refractivity contribution in [3.05, 3.63) is 35.4 Å². The van der Waals surface area contributed by atoms with E-state index in [4.69, 9.17) is 6.42 Å². The predicted molar refractivity (Wildman–Crippen MR) is 106 cm³/mol. The van der Waals surface area contributed by atoms with Gasteiger partial charge in [0, 0.05) is 52.6 Å². The second kappa shape index (κ2) is 9.09. The van der Waals surface area contributed by atoms with Crippen LogP contribution in [0.4, 0.5) is 13.2 Å². The van der Waals surface area contributed by atoms with Crippen molar-refractivity contribution in [2.24, 2.45) is 5.92 Å². The summed E-state index contributed by atoms with van der Waals surface area (Å²) in [4.78, 5) is 31.1. The van der Waals surface area contributed by atoms with Crippen LogP contribution in [0.3, 0.4) is 0 Å². The van der Waals surface area contributed by atoms with Gasteiger partial charge in [0.25, 0.3) is 0 Å². The lowest BCUT2D eigenvalue weighted by Crippen LogP contribution is -2.53. The number of rotatable bonds is 4. The summed E-state index contributed by atoms with van der Waals surface area (Å²) in [5.41, 5.74) is -0.202. The Morgan fingerprint density at radius 1 is 1.17 bits per heavy atom. The van der Waals surface area contributed by atoms with Crippen LogP contribution in [0.2, 0.25) is 0 Å². The van der Waals surface area contributed by atoms with Gasteiger partial charge in [-0.3, -0.25) is 14.5 Å². The fraction of sp³-hybridized carbons (Fsp3) is 0.545. The molecule has 0 bridgehead atoms. The second-order valence-corrected chi connectivity index (χ2v) is 7.84. The van der Waals surface area contributed by atoms with Crippen LogP contribution >= 0.6 is 0 Å². The summed E-state index contributed by atoms with van der Waals surface area (Å²) in [5.74, 6) is 1.99. The zero-order chi connectivity index (χ0) is 21.9. The van der Waals surface area contributed by atoms with E-state index in [1.807, 2.05) is 0 Å². The number of benzene rings is 1. The topological polar surface area (TPSA) is 43.9 Å². The summed E-state index contributed by atoms with van der Waals surface area (Å²) in [6.07, 6.45) is 2.20. The molecule has 0 aromatic heterocycles. The SMILES string of the molecule is C#CCCN1CCN(C(=O)C2CCC(=O)N(C)C2c2ccc(C(F)(F)F)cc2)CC1. The van der Waals surface area contributed by atoms with E-state index in [2.05, 4.69) is 10.8 Å². The highest BCUT2D eigenvalue weighted by atomic mass is 19.4. The Morgan fingerprint density at radius 3 is 2.37 bits per heavy atom. The zero-order valence-corrected chi connectivity index (χ0v) is 17.0. The molecule has 1 aromatic carbocycles. The molecule has 0 spiro atoms. The number of hydrogen-bond acceptors (Lipinski definition) is 3. The fourth-order valence-electron chi connectivity index (χ4n) is 4.27. The predicted octanol–water partition coefficient (Wildman–Crippen LogP) is 2.78. The summed E-state index contributed by atoms with van der Waals surface area (Å²) in [7, 11) is 1.61. The maximum atomic E-state index is 13.3. The normalized spacial score (nSPS) is 23.4. The van der Waals surface area contributed by atoms with Crippen molar-refractivity contribution >= 4 is 11.8 Å². The molecule has 2 aliphatic rings. The first kappa shape index (κ1) is 22.2. The molecule has 2 aliphatic heterocycles. The van der Waals surface area contributed by atoms with Crippen LogP contribution < -0.4 is 0 Å². The number of nitrogens with zero attached hydrogens (tertiary/aromatic N) is 3. The number of hydrogen-bond donors (Lipinski definition) is 0. The standard InChI is InChI=1S/C22H26F3N3O2/c1-3-4-11-27-12-14-28(15-13-27)21(30)18-9-10-19(29)26(2)20(18)16-5-7-17(8-6-16)22(23,24)25/h1,5-8,18,20H,4,9-15H2,2H3. The highest BCUT2D eigenvalue weighted by molar-refractivity contribution is 5.85. The number of piperazine rings is 1. The minimum atomic E-state index is -4.43. The van der Waals surface area contributed by atoms with Gasteiger partial charge in [-0.2, -0.15) is 13.2 Å². The Labute approximate surface area is 174 Å². The van der Waals surface area contributed by atoms with Gasteiger partial charge >= 0.3 is 6.18 Å². The summed E-state index contributed by atoms with van der Waals surface area (Å²) >= 11 is 0. The Balaban J connectivity index is 1.76. The molecule has 2 unspecified atom stereocenters. The minimum absolute atomic E-state index is 0.0455. The fourth-order valence-corrected chi connectivity index (χ4v) is 4.27. The van der Waals surface area contributed by atoms with Crippen molar-refractivity contribution in [1.29, 1.82) is 0 Å². The number of alkyl halides is 3. The van der Waals surface area contributed by atoms with Gasteiger partial charge in [-0.15, -0.1) is 12.3 Å². The number of likely N-dealkylation sites (tertiary alicyclic amines) is 1. The maximum Gasteiger partial charge on any atom is 0.416 e. The van der Waals surface area contributed by atoms with E-state index in [-0.39, 0.29) is 18.2 Å². The van der Waals surface area contributed by atoms with Crippen LogP contribution in [-0.4, -0.2) is 66.3 Å². The molecule has 0 saturated carbocycles. The third kappa shape index (κ3) is 4.78. The molecular weight excluding hydrogens is 395 g/mol. The number of terminal acetylenes is 1. The lowest BCUT2D eigenvalue weighted by atomic mass is 9.83. The average molecular weight is 421 g/mol. The molecule has 5 nitrogen and oxygen atoms in total. The van der Waals surface area contributed by atoms with Crippen LogP contribution in [0.5, 0.6) is 0 Å². The molecule has 8 heteroatoms. The quantitative estimate of drug-likeness (QED) is 0.703. The van der Waals surface area contributed by atoms with Crippen molar-refractivity contribution in [1.82, 2.24) is 14.7 Å². The molecule has 0 N–H and O–H groups in total. The van der Waals surface area contributed by atoms with Gasteiger partial charge in [-0.1, -0.05) is 12.1 Å². The molecule has 1 aromatic rings. The van der Waals surface area contributed by atoms with Crippen LogP contribution in [0, 0.1) is 18.3 Å². The molecule has 2 saturated heterocycles. The number of amides is 2. The number of piperidine rings is 1. The molecule has 2 amide bonds. The van der Waals surface area contributed by atoms with Crippen LogP contribution in [-0.2, 0) is 15.8 Å². The molecule has 162 valence electrons. The van der Waals surface area contributed by atoms with E-state index >= 15 is 0 Å². The van der Waals surface area contributed by atoms with E-state index in [9.17, 15) is 22.8 Å². The molecule has 2 atom stereocenters. The van der Waals surface area contributed by atoms with Gasteiger partial charge in [-0.25, -0.2) is 0 Å². The van der Waals surface area contributed by atoms with Crippen molar-refractivity contribution in [3.8, 4) is 12.3 Å². The number of carbonyl (C=O) groups excluding carboxylic acids is 2. The van der Waals surface area contributed by atoms with Gasteiger partial charge in [0.15, 0.2) is 0 Å². The molecular formula is C22H26F3N3O2. The van der Waals surface area contributed by atoms with Gasteiger partial charge in [0.1, 0.15) is 0 Å². The Hall–Kier alpha value is -2.53. The maximum absolute atomic E-state index is 13.3. The highest BCUT2D eigenvalue weighted by Crippen LogP contribution is 2.38. The first-order valence-corrected chi connectivity index (χ1v) is 10.1. The lowest BCUT2D eigenvalue weighted by molar-refractivity contribution is -0.148. The van der Waals surface area contributed by atoms with E-state index in [1.165, 1.54) is 17.0 Å². The van der Waals surface area contributed by atoms with E-state index in [1.54, 1.807) is 11.9 Å². The third-order valence-electron chi connectivity index (χ3n) is 6.01. The van der Waals surface area contributed by atoms with Crippen LogP contribution in [0.25, 0.3) is 0 Å². The van der Waals surface area contributed by atoms with Crippen molar-refractivity contribution in [2.45, 2.75) is 31.5 Å². The summed E-state index contributed by atoms with van der Waals surface area (Å²) in [6.45, 7) is 3.43. The molecule has 30 heavy (non-hydrogen) atoms. The average Bonchev–Trinajstić information content (AvgIpc) is 2.73. The van der Waals surface area contributed by atoms with Crippen molar-refractivity contribution in [3.63, 3.8) is 0 Å². The first-order valence-electron chi connectivity index (χ1n) is 10.1. The van der Waals surface area contributed by atoms with E-state index in [0.717, 1.165) is 31.8 Å². The van der Waals surface area contributed by atoms with Gasteiger partial charge < -0.3 is 9.80 Å². The first-order chi connectivity index (χ1) is 14.2. The molecule has 0 radical (unpaired) electrons. The summed E-state index contributed by atoms with van der Waals surface area (Å²) in [6, 6.07) is 4.20. The molecule has 2 fully saturated rings. The minimum Gasteiger partial charge on any atom is -0.340 e. The monoisotopic (exact) mass is 421 g/mol. The molecule has 0 aliphatic carbocycles. The van der Waals surface area contributed by atoms with Gasteiger partial charge in [0.2, 0.25) is 11.8 Å². The Morgan fingerprint density at radius 2 is 1.80 bits per heavy atom. The van der Waals surface area contributed by atoms with Crippen molar-refractivity contribution < 1.29 is 22.8 Å². The highest BCUT2D eigenvalue weighted by Gasteiger charge is 2.41. The van der Waals surface area contributed by atoms with Gasteiger partial charge in [0.05, 0.1) is 17.5 Å². The lowest BCUT2D eigenvalue weighted by Gasteiger charge is -2.42. The van der Waals surface area contributed by atoms with Crippen LogP contribution in [0.1, 0.15) is 36.4 Å². The zero-order valence-electron chi connectivity index (χ0n) is 17.0. The van der Waals surface area contributed by atoms with E-state index in [0.29, 0.717) is 31.5 Å². The van der Waals surface area contributed by atoms with Crippen molar-refractivity contribution in [2.75, 3.05) is 39.8 Å². The van der Waals surface area contributed by atoms with Gasteiger partial charge in [-0.05, 0) is 24.1 Å². The van der Waals surface area contributed by atoms with Crippen LogP contribution in [0.15, 0.2) is 24.3 Å². The summed E-state index contributed by atoms with van der Waals surface area (Å²) < 4.78 is 38.8. The smallest absolute Gasteiger partial charge is 0.340 e. The largest absolute Gasteiger partial charge is 0.416 e. The third-order valence-corrected chi connectivity index (χ3v) is 6.01. The van der Waals surface area contributed by atoms with E-state index < -0.39 is 23.7 Å². The number of carbonyl (C=O) groups is 2.